The Morgan fingerprint density at radius 2 is 1.96 bits per heavy atom. The summed E-state index contributed by atoms with van der Waals surface area (Å²) in [4.78, 5) is 29.0. The van der Waals surface area contributed by atoms with Crippen molar-refractivity contribution in [3.05, 3.63) is 69.4 Å². The molecule has 1 heterocycles. The Morgan fingerprint density at radius 1 is 1.13 bits per heavy atom. The van der Waals surface area contributed by atoms with E-state index in [9.17, 15) is 14.0 Å². The van der Waals surface area contributed by atoms with Crippen LogP contribution in [0.4, 0.5) is 4.39 Å². The molecule has 1 aliphatic carbocycles. The van der Waals surface area contributed by atoms with Crippen molar-refractivity contribution in [2.24, 2.45) is 0 Å². The van der Waals surface area contributed by atoms with Crippen molar-refractivity contribution in [2.45, 2.75) is 18.9 Å². The zero-order chi connectivity index (χ0) is 16.0. The summed E-state index contributed by atoms with van der Waals surface area (Å²) in [6.45, 7) is 0. The second kappa shape index (κ2) is 5.08. The summed E-state index contributed by atoms with van der Waals surface area (Å²) in [6.07, 6.45) is 1.58. The molecule has 5 nitrogen and oxygen atoms in total. The minimum Gasteiger partial charge on any atom is -0.345 e. The molecule has 0 saturated heterocycles. The third-order valence-electron chi connectivity index (χ3n) is 4.27. The Balaban J connectivity index is 1.60. The van der Waals surface area contributed by atoms with Gasteiger partial charge in [0.05, 0.1) is 17.1 Å². The number of hydrogen-bond donors (Lipinski definition) is 3. The molecule has 4 rings (SSSR count). The number of aromatic nitrogens is 2. The second-order valence-corrected chi connectivity index (χ2v) is 5.75. The fraction of sp³-hybridized carbons (Fsp3) is 0.176. The number of carbonyl (C=O) groups is 1. The number of benzene rings is 2. The molecule has 1 amide bonds. The minimum absolute atomic E-state index is 0.186. The van der Waals surface area contributed by atoms with Crippen molar-refractivity contribution in [1.82, 2.24) is 15.3 Å². The molecule has 23 heavy (non-hydrogen) atoms. The second-order valence-electron chi connectivity index (χ2n) is 5.75. The number of aryl methyl sites for hydroxylation is 1. The smallest absolute Gasteiger partial charge is 0.323 e. The average Bonchev–Trinajstić information content (AvgIpc) is 3.09. The Morgan fingerprint density at radius 3 is 2.83 bits per heavy atom. The van der Waals surface area contributed by atoms with Crippen molar-refractivity contribution in [2.75, 3.05) is 0 Å². The molecule has 1 atom stereocenters. The van der Waals surface area contributed by atoms with Gasteiger partial charge in [0.1, 0.15) is 5.82 Å². The van der Waals surface area contributed by atoms with E-state index in [2.05, 4.69) is 15.3 Å². The molecule has 0 radical (unpaired) electrons. The van der Waals surface area contributed by atoms with Crippen LogP contribution in [-0.4, -0.2) is 15.9 Å². The van der Waals surface area contributed by atoms with Gasteiger partial charge >= 0.3 is 5.69 Å². The normalized spacial score (nSPS) is 16.5. The van der Waals surface area contributed by atoms with Gasteiger partial charge in [-0.1, -0.05) is 6.07 Å². The zero-order valence-corrected chi connectivity index (χ0v) is 12.2. The fourth-order valence-corrected chi connectivity index (χ4v) is 3.14. The van der Waals surface area contributed by atoms with Crippen molar-refractivity contribution in [3.63, 3.8) is 0 Å². The Kier molecular flexibility index (Phi) is 3.04. The highest BCUT2D eigenvalue weighted by Crippen LogP contribution is 2.31. The maximum absolute atomic E-state index is 13.4. The van der Waals surface area contributed by atoms with E-state index in [1.54, 1.807) is 24.3 Å². The number of H-pyrrole nitrogens is 2. The number of nitrogens with one attached hydrogen (secondary N) is 3. The first-order valence-electron chi connectivity index (χ1n) is 7.41. The van der Waals surface area contributed by atoms with Crippen molar-refractivity contribution in [3.8, 4) is 0 Å². The van der Waals surface area contributed by atoms with Gasteiger partial charge in [-0.2, -0.15) is 0 Å². The molecule has 3 aromatic rings. The van der Waals surface area contributed by atoms with Gasteiger partial charge in [-0.05, 0) is 54.3 Å². The highest BCUT2D eigenvalue weighted by atomic mass is 19.1. The Labute approximate surface area is 130 Å². The van der Waals surface area contributed by atoms with E-state index < -0.39 is 0 Å². The topological polar surface area (TPSA) is 77.8 Å². The molecule has 0 spiro atoms. The summed E-state index contributed by atoms with van der Waals surface area (Å²) in [5, 5.41) is 2.94. The number of imidazole rings is 1. The number of amides is 1. The molecular formula is C17H14FN3O2. The van der Waals surface area contributed by atoms with Gasteiger partial charge in [-0.25, -0.2) is 9.18 Å². The molecule has 116 valence electrons. The molecule has 1 aliphatic rings. The summed E-state index contributed by atoms with van der Waals surface area (Å²) in [5.41, 5.74) is 3.30. The van der Waals surface area contributed by atoms with Crippen LogP contribution in [0.5, 0.6) is 0 Å². The van der Waals surface area contributed by atoms with E-state index in [0.29, 0.717) is 16.6 Å². The van der Waals surface area contributed by atoms with E-state index in [-0.39, 0.29) is 23.5 Å². The minimum atomic E-state index is -0.308. The molecule has 0 aliphatic heterocycles. The lowest BCUT2D eigenvalue weighted by atomic mass is 10.1. The van der Waals surface area contributed by atoms with Crippen LogP contribution in [0.1, 0.15) is 33.9 Å². The summed E-state index contributed by atoms with van der Waals surface area (Å²) < 4.78 is 13.4. The van der Waals surface area contributed by atoms with E-state index >= 15 is 0 Å². The van der Waals surface area contributed by atoms with Gasteiger partial charge in [-0.15, -0.1) is 0 Å². The van der Waals surface area contributed by atoms with Gasteiger partial charge in [0.2, 0.25) is 0 Å². The summed E-state index contributed by atoms with van der Waals surface area (Å²) >= 11 is 0. The van der Waals surface area contributed by atoms with E-state index in [4.69, 9.17) is 0 Å². The van der Waals surface area contributed by atoms with Crippen molar-refractivity contribution < 1.29 is 9.18 Å². The lowest BCUT2D eigenvalue weighted by Gasteiger charge is -2.14. The number of hydrogen-bond acceptors (Lipinski definition) is 2. The zero-order valence-electron chi connectivity index (χ0n) is 12.2. The summed E-state index contributed by atoms with van der Waals surface area (Å²) in [5.74, 6) is -0.535. The highest BCUT2D eigenvalue weighted by molar-refractivity contribution is 5.97. The van der Waals surface area contributed by atoms with Crippen LogP contribution in [0.3, 0.4) is 0 Å². The van der Waals surface area contributed by atoms with Crippen LogP contribution in [0.2, 0.25) is 0 Å². The molecule has 6 heteroatoms. The van der Waals surface area contributed by atoms with Crippen molar-refractivity contribution >= 4 is 16.9 Å². The molecule has 0 saturated carbocycles. The number of carbonyl (C=O) groups excluding carboxylic acids is 1. The van der Waals surface area contributed by atoms with Crippen LogP contribution in [-0.2, 0) is 6.42 Å². The average molecular weight is 311 g/mol. The molecule has 0 fully saturated rings. The monoisotopic (exact) mass is 311 g/mol. The molecule has 1 unspecified atom stereocenters. The maximum atomic E-state index is 13.4. The molecule has 2 aromatic carbocycles. The lowest BCUT2D eigenvalue weighted by molar-refractivity contribution is 0.0937. The molecule has 1 aromatic heterocycles. The molecular weight excluding hydrogens is 297 g/mol. The number of aromatic amines is 2. The van der Waals surface area contributed by atoms with Gasteiger partial charge in [0.15, 0.2) is 0 Å². The van der Waals surface area contributed by atoms with Crippen molar-refractivity contribution in [1.29, 1.82) is 0 Å². The predicted molar refractivity (Wildman–Crippen MR) is 83.8 cm³/mol. The standard InChI is InChI=1S/C17H14FN3O2/c18-11-4-1-9-2-5-13(12(9)8-11)19-16(22)10-3-6-14-15(7-10)21-17(23)20-14/h1,3-4,6-8,13H,2,5H2,(H,19,22)(H2,20,21,23). The number of fused-ring (bicyclic) bond motifs is 2. The first kappa shape index (κ1) is 13.8. The lowest BCUT2D eigenvalue weighted by Crippen LogP contribution is -2.27. The quantitative estimate of drug-likeness (QED) is 0.679. The number of rotatable bonds is 2. The van der Waals surface area contributed by atoms with Crippen LogP contribution >= 0.6 is 0 Å². The van der Waals surface area contributed by atoms with Crippen LogP contribution in [0, 0.1) is 5.82 Å². The summed E-state index contributed by atoms with van der Waals surface area (Å²) in [7, 11) is 0. The third-order valence-corrected chi connectivity index (χ3v) is 4.27. The fourth-order valence-electron chi connectivity index (χ4n) is 3.14. The first-order chi connectivity index (χ1) is 11.1. The molecule has 3 N–H and O–H groups in total. The highest BCUT2D eigenvalue weighted by Gasteiger charge is 2.24. The number of halogens is 1. The van der Waals surface area contributed by atoms with Crippen LogP contribution < -0.4 is 11.0 Å². The third kappa shape index (κ3) is 2.42. The Hall–Kier alpha value is -2.89. The maximum Gasteiger partial charge on any atom is 0.323 e. The van der Waals surface area contributed by atoms with E-state index in [1.165, 1.54) is 12.1 Å². The Bertz CT molecular complexity index is 973. The van der Waals surface area contributed by atoms with Gasteiger partial charge in [-0.3, -0.25) is 4.79 Å². The first-order valence-corrected chi connectivity index (χ1v) is 7.41. The summed E-state index contributed by atoms with van der Waals surface area (Å²) in [6, 6.07) is 9.48. The SMILES string of the molecule is O=C(NC1CCc2ccc(F)cc21)c1ccc2[nH]c(=O)[nH]c2c1. The molecule has 0 bridgehead atoms. The van der Waals surface area contributed by atoms with Gasteiger partial charge in [0.25, 0.3) is 5.91 Å². The van der Waals surface area contributed by atoms with Crippen LogP contribution in [0.15, 0.2) is 41.2 Å². The van der Waals surface area contributed by atoms with E-state index in [1.807, 2.05) is 0 Å². The largest absolute Gasteiger partial charge is 0.345 e. The van der Waals surface area contributed by atoms with Crippen LogP contribution in [0.25, 0.3) is 11.0 Å². The van der Waals surface area contributed by atoms with E-state index in [0.717, 1.165) is 24.0 Å². The predicted octanol–water partition coefficient (Wildman–Crippen LogP) is 2.41. The van der Waals surface area contributed by atoms with Gasteiger partial charge in [0, 0.05) is 5.56 Å². The van der Waals surface area contributed by atoms with Gasteiger partial charge < -0.3 is 15.3 Å².